The number of benzene rings is 2. The summed E-state index contributed by atoms with van der Waals surface area (Å²) in [5.41, 5.74) is 14.5. The largest absolute Gasteiger partial charge is 0.458 e. The van der Waals surface area contributed by atoms with Gasteiger partial charge in [-0.25, -0.2) is 15.2 Å². The van der Waals surface area contributed by atoms with Crippen molar-refractivity contribution < 1.29 is 18.6 Å². The van der Waals surface area contributed by atoms with Crippen LogP contribution in [-0.2, 0) is 4.74 Å². The molecule has 0 aromatic heterocycles. The van der Waals surface area contributed by atoms with Crippen molar-refractivity contribution in [2.45, 2.75) is 18.2 Å². The minimum Gasteiger partial charge on any atom is -0.458 e. The number of nitrogens with two attached hydrogens (primary N) is 1. The van der Waals surface area contributed by atoms with Gasteiger partial charge in [-0.15, -0.1) is 0 Å². The summed E-state index contributed by atoms with van der Waals surface area (Å²) in [7, 11) is 0. The van der Waals surface area contributed by atoms with Gasteiger partial charge in [0.15, 0.2) is 17.7 Å². The molecule has 4 unspecified atom stereocenters. The Morgan fingerprint density at radius 3 is 2.57 bits per heavy atom. The normalized spacial score (nSPS) is 27.9. The molecule has 0 aliphatic carbocycles. The SMILES string of the molecule is N#CC1=C(N)OC2NNC(c3ccc(F)cc3)C2C1c1ccc2c(c1)OCO2. The predicted octanol–water partition coefficient (Wildman–Crippen LogP) is 2.15. The van der Waals surface area contributed by atoms with Gasteiger partial charge in [0.05, 0.1) is 11.6 Å². The Labute approximate surface area is 160 Å². The molecule has 28 heavy (non-hydrogen) atoms. The van der Waals surface area contributed by atoms with E-state index in [9.17, 15) is 9.65 Å². The molecule has 7 nitrogen and oxygen atoms in total. The van der Waals surface area contributed by atoms with Gasteiger partial charge < -0.3 is 19.9 Å². The number of fused-ring (bicyclic) bond motifs is 2. The maximum absolute atomic E-state index is 13.4. The lowest BCUT2D eigenvalue weighted by molar-refractivity contribution is 0.0340. The molecule has 0 radical (unpaired) electrons. The highest BCUT2D eigenvalue weighted by Crippen LogP contribution is 2.48. The van der Waals surface area contributed by atoms with Gasteiger partial charge in [-0.3, -0.25) is 0 Å². The molecule has 3 aliphatic rings. The van der Waals surface area contributed by atoms with Gasteiger partial charge in [0.25, 0.3) is 0 Å². The summed E-state index contributed by atoms with van der Waals surface area (Å²) in [6.45, 7) is 0.170. The Balaban J connectivity index is 1.61. The van der Waals surface area contributed by atoms with Crippen molar-refractivity contribution in [2.24, 2.45) is 11.7 Å². The van der Waals surface area contributed by atoms with Crippen LogP contribution in [0.1, 0.15) is 23.1 Å². The van der Waals surface area contributed by atoms with Gasteiger partial charge in [0.1, 0.15) is 11.9 Å². The molecule has 4 atom stereocenters. The van der Waals surface area contributed by atoms with E-state index in [1.807, 2.05) is 18.2 Å². The standard InChI is InChI=1S/C20H17FN4O3/c21-12-4-1-10(2-5-12)18-17-16(11-3-6-14-15(7-11)27-9-26-14)13(8-22)19(23)28-20(17)25-24-18/h1-7,16-18,20,24-25H,9,23H2. The molecule has 142 valence electrons. The lowest BCUT2D eigenvalue weighted by Crippen LogP contribution is -2.40. The summed E-state index contributed by atoms with van der Waals surface area (Å²) < 4.78 is 30.1. The monoisotopic (exact) mass is 380 g/mol. The maximum Gasteiger partial charge on any atom is 0.231 e. The Morgan fingerprint density at radius 1 is 1.04 bits per heavy atom. The minimum atomic E-state index is -0.442. The molecule has 1 saturated heterocycles. The number of allylic oxidation sites excluding steroid dienone is 1. The van der Waals surface area contributed by atoms with Gasteiger partial charge in [-0.1, -0.05) is 18.2 Å². The molecular weight excluding hydrogens is 363 g/mol. The highest BCUT2D eigenvalue weighted by atomic mass is 19.1. The van der Waals surface area contributed by atoms with Gasteiger partial charge in [0.2, 0.25) is 12.7 Å². The van der Waals surface area contributed by atoms with Crippen LogP contribution in [0.3, 0.4) is 0 Å². The zero-order chi connectivity index (χ0) is 19.3. The average molecular weight is 380 g/mol. The number of halogens is 1. The molecule has 4 N–H and O–H groups in total. The summed E-state index contributed by atoms with van der Waals surface area (Å²) >= 11 is 0. The molecule has 0 saturated carbocycles. The Hall–Kier alpha value is -3.28. The summed E-state index contributed by atoms with van der Waals surface area (Å²) in [4.78, 5) is 0. The fraction of sp³-hybridized carbons (Fsp3) is 0.250. The van der Waals surface area contributed by atoms with Crippen molar-refractivity contribution in [3.05, 3.63) is 70.9 Å². The van der Waals surface area contributed by atoms with Crippen molar-refractivity contribution in [3.63, 3.8) is 0 Å². The van der Waals surface area contributed by atoms with Gasteiger partial charge >= 0.3 is 0 Å². The molecule has 3 heterocycles. The molecule has 2 aromatic rings. The number of nitriles is 1. The second kappa shape index (κ2) is 6.41. The zero-order valence-electron chi connectivity index (χ0n) is 14.7. The van der Waals surface area contributed by atoms with Crippen molar-refractivity contribution in [3.8, 4) is 17.6 Å². The minimum absolute atomic E-state index is 0.0977. The van der Waals surface area contributed by atoms with Crippen molar-refractivity contribution in [1.82, 2.24) is 10.9 Å². The van der Waals surface area contributed by atoms with Crippen LogP contribution >= 0.6 is 0 Å². The average Bonchev–Trinajstić information content (AvgIpc) is 3.33. The first kappa shape index (κ1) is 16.9. The first-order valence-electron chi connectivity index (χ1n) is 8.88. The highest BCUT2D eigenvalue weighted by molar-refractivity contribution is 5.50. The molecule has 1 fully saturated rings. The van der Waals surface area contributed by atoms with E-state index in [0.29, 0.717) is 17.1 Å². The molecule has 0 bridgehead atoms. The lowest BCUT2D eigenvalue weighted by Gasteiger charge is -2.36. The second-order valence-electron chi connectivity index (χ2n) is 6.91. The third-order valence-corrected chi connectivity index (χ3v) is 5.44. The number of ether oxygens (including phenoxy) is 3. The summed E-state index contributed by atoms with van der Waals surface area (Å²) in [6, 6.07) is 13.9. The van der Waals surface area contributed by atoms with Crippen LogP contribution in [0.5, 0.6) is 11.5 Å². The number of rotatable bonds is 2. The number of hydrogen-bond acceptors (Lipinski definition) is 7. The molecule has 0 amide bonds. The van der Waals surface area contributed by atoms with E-state index in [2.05, 4.69) is 16.9 Å². The molecule has 3 aliphatic heterocycles. The topological polar surface area (TPSA) is 102 Å². The summed E-state index contributed by atoms with van der Waals surface area (Å²) in [5.74, 6) is 0.568. The first-order valence-corrected chi connectivity index (χ1v) is 8.88. The first-order chi connectivity index (χ1) is 13.7. The third-order valence-electron chi connectivity index (χ3n) is 5.44. The lowest BCUT2D eigenvalue weighted by atomic mass is 9.74. The van der Waals surface area contributed by atoms with Crippen molar-refractivity contribution in [2.75, 3.05) is 6.79 Å². The van der Waals surface area contributed by atoms with Crippen LogP contribution in [0.2, 0.25) is 0 Å². The fourth-order valence-electron chi connectivity index (χ4n) is 4.16. The molecule has 2 aromatic carbocycles. The van der Waals surface area contributed by atoms with E-state index < -0.39 is 6.23 Å². The van der Waals surface area contributed by atoms with Crippen LogP contribution in [0.25, 0.3) is 0 Å². The van der Waals surface area contributed by atoms with Crippen LogP contribution in [0, 0.1) is 23.1 Å². The van der Waals surface area contributed by atoms with E-state index in [4.69, 9.17) is 19.9 Å². The molecule has 5 rings (SSSR count). The van der Waals surface area contributed by atoms with E-state index in [1.165, 1.54) is 12.1 Å². The maximum atomic E-state index is 13.4. The Bertz CT molecular complexity index is 1000. The number of nitrogens with zero attached hydrogens (tertiary/aromatic N) is 1. The molecule has 8 heteroatoms. The van der Waals surface area contributed by atoms with Crippen molar-refractivity contribution in [1.29, 1.82) is 5.26 Å². The van der Waals surface area contributed by atoms with Crippen LogP contribution in [-0.4, -0.2) is 13.0 Å². The fourth-order valence-corrected chi connectivity index (χ4v) is 4.16. The van der Waals surface area contributed by atoms with E-state index in [-0.39, 0.29) is 36.4 Å². The number of nitrogens with one attached hydrogen (secondary N) is 2. The highest BCUT2D eigenvalue weighted by Gasteiger charge is 2.49. The van der Waals surface area contributed by atoms with Crippen LogP contribution in [0.15, 0.2) is 53.9 Å². The molecule has 0 spiro atoms. The van der Waals surface area contributed by atoms with Crippen molar-refractivity contribution >= 4 is 0 Å². The van der Waals surface area contributed by atoms with Crippen LogP contribution < -0.4 is 26.1 Å². The second-order valence-corrected chi connectivity index (χ2v) is 6.91. The van der Waals surface area contributed by atoms with E-state index in [1.54, 1.807) is 12.1 Å². The Kier molecular flexibility index (Phi) is 3.86. The van der Waals surface area contributed by atoms with E-state index in [0.717, 1.165) is 11.1 Å². The van der Waals surface area contributed by atoms with E-state index >= 15 is 0 Å². The predicted molar refractivity (Wildman–Crippen MR) is 95.9 cm³/mol. The van der Waals surface area contributed by atoms with Gasteiger partial charge in [-0.05, 0) is 35.4 Å². The summed E-state index contributed by atoms with van der Waals surface area (Å²) in [6.07, 6.45) is -0.442. The third kappa shape index (κ3) is 2.56. The zero-order valence-corrected chi connectivity index (χ0v) is 14.7. The smallest absolute Gasteiger partial charge is 0.231 e. The number of hydrazine groups is 1. The quantitative estimate of drug-likeness (QED) is 0.734. The Morgan fingerprint density at radius 2 is 1.79 bits per heavy atom. The molecular formula is C20H17FN4O3. The van der Waals surface area contributed by atoms with Crippen LogP contribution in [0.4, 0.5) is 4.39 Å². The van der Waals surface area contributed by atoms with Gasteiger partial charge in [0, 0.05) is 11.8 Å². The van der Waals surface area contributed by atoms with Gasteiger partial charge in [-0.2, -0.15) is 5.26 Å². The number of hydrogen-bond donors (Lipinski definition) is 3. The summed E-state index contributed by atoms with van der Waals surface area (Å²) in [5, 5.41) is 9.79.